The van der Waals surface area contributed by atoms with E-state index in [1.807, 2.05) is 31.2 Å². The number of hydrogen-bond donors (Lipinski definition) is 1. The van der Waals surface area contributed by atoms with Crippen LogP contribution in [0.1, 0.15) is 22.7 Å². The first-order valence-corrected chi connectivity index (χ1v) is 10.5. The summed E-state index contributed by atoms with van der Waals surface area (Å²) in [6.07, 6.45) is 0. The van der Waals surface area contributed by atoms with Crippen molar-refractivity contribution in [2.75, 3.05) is 39.4 Å². The summed E-state index contributed by atoms with van der Waals surface area (Å²) in [6, 6.07) is 11.8. The zero-order valence-corrected chi connectivity index (χ0v) is 17.4. The van der Waals surface area contributed by atoms with Gasteiger partial charge in [0.05, 0.1) is 32.3 Å². The highest BCUT2D eigenvalue weighted by atomic mass is 19.1. The molecule has 1 N–H and O–H groups in total. The number of nitrogens with zero attached hydrogens (tertiary/aromatic N) is 1. The van der Waals surface area contributed by atoms with Crippen LogP contribution in [0.3, 0.4) is 0 Å². The molecule has 0 radical (unpaired) electrons. The van der Waals surface area contributed by atoms with Gasteiger partial charge >= 0.3 is 0 Å². The molecule has 2 fully saturated rings. The quantitative estimate of drug-likeness (QED) is 0.425. The highest BCUT2D eigenvalue weighted by Gasteiger charge is 2.44. The van der Waals surface area contributed by atoms with E-state index in [1.165, 1.54) is 34.1 Å². The second-order valence-corrected chi connectivity index (χ2v) is 8.00. The van der Waals surface area contributed by atoms with Gasteiger partial charge in [-0.3, -0.25) is 9.59 Å². The molecule has 0 bridgehead atoms. The van der Waals surface area contributed by atoms with E-state index in [0.29, 0.717) is 31.9 Å². The van der Waals surface area contributed by atoms with Crippen molar-refractivity contribution in [2.45, 2.75) is 13.0 Å². The average Bonchev–Trinajstić information content (AvgIpc) is 3.04. The molecule has 4 rings (SSSR count). The van der Waals surface area contributed by atoms with Crippen LogP contribution in [0.5, 0.6) is 0 Å². The first kappa shape index (κ1) is 21.2. The number of likely N-dealkylation sites (tertiary alicyclic amines) is 1. The van der Waals surface area contributed by atoms with Crippen LogP contribution in [0.15, 0.2) is 54.1 Å². The molecule has 2 aromatic rings. The number of hydrogen-bond acceptors (Lipinski definition) is 4. The van der Waals surface area contributed by atoms with E-state index in [1.54, 1.807) is 0 Å². The lowest BCUT2D eigenvalue weighted by molar-refractivity contribution is -0.907. The fourth-order valence-electron chi connectivity index (χ4n) is 4.14. The van der Waals surface area contributed by atoms with Crippen molar-refractivity contribution < 1.29 is 28.7 Å². The van der Waals surface area contributed by atoms with Crippen molar-refractivity contribution in [1.29, 1.82) is 0 Å². The summed E-state index contributed by atoms with van der Waals surface area (Å²) in [5, 5.41) is 13.2. The van der Waals surface area contributed by atoms with Crippen molar-refractivity contribution in [3.8, 4) is 0 Å². The van der Waals surface area contributed by atoms with Gasteiger partial charge in [0.2, 0.25) is 5.78 Å². The average molecular weight is 424 g/mol. The zero-order valence-electron chi connectivity index (χ0n) is 17.4. The van der Waals surface area contributed by atoms with Crippen LogP contribution in [0, 0.1) is 12.7 Å². The minimum absolute atomic E-state index is 0.0718. The molecule has 31 heavy (non-hydrogen) atoms. The van der Waals surface area contributed by atoms with Gasteiger partial charge in [0.1, 0.15) is 18.9 Å². The molecule has 162 valence electrons. The predicted octanol–water partition coefficient (Wildman–Crippen LogP) is 0.273. The highest BCUT2D eigenvalue weighted by molar-refractivity contribution is 6.46. The Morgan fingerprint density at radius 2 is 1.74 bits per heavy atom. The molecule has 2 heterocycles. The SMILES string of the molecule is Cc1ccc(C2C(=C([O-])c3ccc(F)cc3)C(=O)C(=O)N2CC[NH+]2CCOCC2)cc1. The lowest BCUT2D eigenvalue weighted by atomic mass is 9.94. The molecule has 7 heteroatoms. The van der Waals surface area contributed by atoms with Gasteiger partial charge in [-0.15, -0.1) is 0 Å². The number of nitrogens with one attached hydrogen (secondary N) is 1. The molecule has 1 atom stereocenters. The smallest absolute Gasteiger partial charge is 0.295 e. The number of amides is 1. The summed E-state index contributed by atoms with van der Waals surface area (Å²) < 4.78 is 18.7. The largest absolute Gasteiger partial charge is 0.872 e. The third kappa shape index (κ3) is 4.38. The molecule has 2 saturated heterocycles. The Balaban J connectivity index is 1.72. The number of ketones is 1. The molecule has 6 nitrogen and oxygen atoms in total. The molecule has 0 aromatic heterocycles. The minimum atomic E-state index is -0.781. The second-order valence-electron chi connectivity index (χ2n) is 8.00. The monoisotopic (exact) mass is 424 g/mol. The van der Waals surface area contributed by atoms with Gasteiger partial charge in [-0.05, 0) is 30.2 Å². The third-order valence-corrected chi connectivity index (χ3v) is 5.94. The number of quaternary nitrogens is 1. The highest BCUT2D eigenvalue weighted by Crippen LogP contribution is 2.38. The number of aryl methyl sites for hydroxylation is 1. The van der Waals surface area contributed by atoms with Crippen LogP contribution in [-0.4, -0.2) is 56.0 Å². The topological polar surface area (TPSA) is 74.1 Å². The first-order valence-electron chi connectivity index (χ1n) is 10.5. The zero-order chi connectivity index (χ0) is 22.0. The van der Waals surface area contributed by atoms with Crippen LogP contribution in [0.4, 0.5) is 4.39 Å². The summed E-state index contributed by atoms with van der Waals surface area (Å²) in [5.41, 5.74) is 1.87. The van der Waals surface area contributed by atoms with Gasteiger partial charge in [-0.2, -0.15) is 0 Å². The maximum absolute atomic E-state index is 13.3. The van der Waals surface area contributed by atoms with Crippen molar-refractivity contribution in [2.24, 2.45) is 0 Å². The lowest BCUT2D eigenvalue weighted by Gasteiger charge is -2.30. The second kappa shape index (κ2) is 8.99. The van der Waals surface area contributed by atoms with E-state index in [9.17, 15) is 19.1 Å². The molecule has 0 aliphatic carbocycles. The fraction of sp³-hybridized carbons (Fsp3) is 0.333. The maximum Gasteiger partial charge on any atom is 0.295 e. The first-order chi connectivity index (χ1) is 15.0. The van der Waals surface area contributed by atoms with Crippen molar-refractivity contribution in [3.63, 3.8) is 0 Å². The van der Waals surface area contributed by atoms with E-state index in [0.717, 1.165) is 18.7 Å². The van der Waals surface area contributed by atoms with E-state index >= 15 is 0 Å². The lowest BCUT2D eigenvalue weighted by Crippen LogP contribution is -3.14. The summed E-state index contributed by atoms with van der Waals surface area (Å²) in [7, 11) is 0. The Labute approximate surface area is 180 Å². The normalized spacial score (nSPS) is 21.6. The summed E-state index contributed by atoms with van der Waals surface area (Å²) in [5.74, 6) is -2.45. The third-order valence-electron chi connectivity index (χ3n) is 5.94. The standard InChI is InChI=1S/C24H25FN2O4/c1-16-2-4-17(5-3-16)21-20(22(28)18-6-8-19(25)9-7-18)23(29)24(30)27(21)11-10-26-12-14-31-15-13-26/h2-9,21,28H,10-15H2,1H3. The Hall–Kier alpha value is -3.03. The van der Waals surface area contributed by atoms with Gasteiger partial charge < -0.3 is 19.6 Å². The van der Waals surface area contributed by atoms with Gasteiger partial charge in [0.25, 0.3) is 5.91 Å². The molecule has 2 aliphatic rings. The number of Topliss-reactive ketones (excluding diaryl/α,β-unsaturated/α-hetero) is 1. The van der Waals surface area contributed by atoms with E-state index in [4.69, 9.17) is 4.74 Å². The summed E-state index contributed by atoms with van der Waals surface area (Å²) in [6.45, 7) is 6.00. The van der Waals surface area contributed by atoms with Gasteiger partial charge in [-0.1, -0.05) is 47.7 Å². The Morgan fingerprint density at radius 1 is 1.10 bits per heavy atom. The molecular weight excluding hydrogens is 399 g/mol. The molecule has 2 aliphatic heterocycles. The minimum Gasteiger partial charge on any atom is -0.872 e. The Bertz CT molecular complexity index is 995. The van der Waals surface area contributed by atoms with Crippen molar-refractivity contribution in [3.05, 3.63) is 76.6 Å². The predicted molar refractivity (Wildman–Crippen MR) is 110 cm³/mol. The van der Waals surface area contributed by atoms with Crippen LogP contribution >= 0.6 is 0 Å². The number of morpholine rings is 1. The molecule has 1 amide bonds. The van der Waals surface area contributed by atoms with Crippen molar-refractivity contribution in [1.82, 2.24) is 4.90 Å². The van der Waals surface area contributed by atoms with Crippen LogP contribution < -0.4 is 10.0 Å². The number of halogens is 1. The van der Waals surface area contributed by atoms with E-state index in [-0.39, 0.29) is 11.1 Å². The fourth-order valence-corrected chi connectivity index (χ4v) is 4.14. The molecular formula is C24H25FN2O4. The number of carbonyl (C=O) groups is 2. The molecule has 0 saturated carbocycles. The molecule has 1 unspecified atom stereocenters. The Kier molecular flexibility index (Phi) is 6.15. The van der Waals surface area contributed by atoms with Crippen LogP contribution in [0.25, 0.3) is 5.76 Å². The van der Waals surface area contributed by atoms with E-state index in [2.05, 4.69) is 0 Å². The van der Waals surface area contributed by atoms with Gasteiger partial charge in [-0.25, -0.2) is 4.39 Å². The van der Waals surface area contributed by atoms with Crippen molar-refractivity contribution >= 4 is 17.4 Å². The maximum atomic E-state index is 13.3. The van der Waals surface area contributed by atoms with Crippen LogP contribution in [-0.2, 0) is 14.3 Å². The summed E-state index contributed by atoms with van der Waals surface area (Å²) >= 11 is 0. The van der Waals surface area contributed by atoms with E-state index < -0.39 is 29.3 Å². The number of ether oxygens (including phenoxy) is 1. The number of rotatable bonds is 5. The molecule has 0 spiro atoms. The number of benzene rings is 2. The number of carbonyl (C=O) groups excluding carboxylic acids is 2. The Morgan fingerprint density at radius 3 is 2.39 bits per heavy atom. The van der Waals surface area contributed by atoms with Gasteiger partial charge in [0.15, 0.2) is 0 Å². The van der Waals surface area contributed by atoms with Crippen LogP contribution in [0.2, 0.25) is 0 Å². The van der Waals surface area contributed by atoms with Gasteiger partial charge in [0, 0.05) is 5.57 Å². The summed E-state index contributed by atoms with van der Waals surface area (Å²) in [4.78, 5) is 28.7. The molecule has 2 aromatic carbocycles.